The largest absolute Gasteiger partial charge is 0.331 e. The van der Waals surface area contributed by atoms with Crippen molar-refractivity contribution in [2.24, 2.45) is 0 Å². The highest BCUT2D eigenvalue weighted by Gasteiger charge is 2.21. The van der Waals surface area contributed by atoms with Crippen molar-refractivity contribution in [2.75, 3.05) is 6.54 Å². The summed E-state index contributed by atoms with van der Waals surface area (Å²) in [6.07, 6.45) is 3.55. The van der Waals surface area contributed by atoms with E-state index in [2.05, 4.69) is 16.5 Å². The summed E-state index contributed by atoms with van der Waals surface area (Å²) in [5.74, 6) is 0.679. The van der Waals surface area contributed by atoms with Gasteiger partial charge in [0.25, 0.3) is 5.91 Å². The summed E-state index contributed by atoms with van der Waals surface area (Å²) in [5, 5.41) is 0.885. The van der Waals surface area contributed by atoms with Crippen molar-refractivity contribution < 1.29 is 4.79 Å². The van der Waals surface area contributed by atoms with Gasteiger partial charge in [-0.05, 0) is 43.2 Å². The summed E-state index contributed by atoms with van der Waals surface area (Å²) in [4.78, 5) is 24.1. The molecular formula is C20H22Cl2N4O. The zero-order valence-corrected chi connectivity index (χ0v) is 17.0. The minimum Gasteiger partial charge on any atom is -0.331 e. The van der Waals surface area contributed by atoms with Gasteiger partial charge in [0.2, 0.25) is 0 Å². The number of hydrogen-bond acceptors (Lipinski definition) is 3. The Balaban J connectivity index is 1.97. The first kappa shape index (κ1) is 19.6. The van der Waals surface area contributed by atoms with Crippen LogP contribution in [0.1, 0.15) is 42.9 Å². The smallest absolute Gasteiger partial charge is 0.255 e. The lowest BCUT2D eigenvalue weighted by molar-refractivity contribution is 0.0737. The zero-order valence-electron chi connectivity index (χ0n) is 15.5. The number of aryl methyl sites for hydroxylation is 1. The molecule has 0 unspecified atom stereocenters. The van der Waals surface area contributed by atoms with Gasteiger partial charge in [-0.2, -0.15) is 0 Å². The van der Waals surface area contributed by atoms with E-state index < -0.39 is 0 Å². The Morgan fingerprint density at radius 2 is 2.00 bits per heavy atom. The Labute approximate surface area is 168 Å². The first-order chi connectivity index (χ1) is 13.0. The molecule has 7 heteroatoms. The Morgan fingerprint density at radius 1 is 1.19 bits per heavy atom. The molecule has 1 aromatic carbocycles. The van der Waals surface area contributed by atoms with E-state index in [-0.39, 0.29) is 5.91 Å². The fourth-order valence-electron chi connectivity index (χ4n) is 3.11. The normalized spacial score (nSPS) is 11.1. The fourth-order valence-corrected chi connectivity index (χ4v) is 3.48. The molecule has 0 spiro atoms. The monoisotopic (exact) mass is 404 g/mol. The van der Waals surface area contributed by atoms with Crippen LogP contribution in [0.4, 0.5) is 0 Å². The highest BCUT2D eigenvalue weighted by atomic mass is 35.5. The number of rotatable bonds is 7. The van der Waals surface area contributed by atoms with Crippen LogP contribution in [0.2, 0.25) is 10.0 Å². The number of carbonyl (C=O) groups is 1. The van der Waals surface area contributed by atoms with Crippen molar-refractivity contribution >= 4 is 40.3 Å². The van der Waals surface area contributed by atoms with Crippen LogP contribution in [0, 0.1) is 0 Å². The van der Waals surface area contributed by atoms with Crippen molar-refractivity contribution in [2.45, 2.75) is 39.8 Å². The van der Waals surface area contributed by atoms with E-state index in [0.717, 1.165) is 36.4 Å². The standard InChI is InChI=1S/C20H22Cl2N4O/c1-3-10-25(20(27)15-12-14(21)7-8-16(15)22)13-18-24-17-6-5-9-23-19(17)26(18)11-4-2/h5-9,12H,3-4,10-11,13H2,1-2H3. The van der Waals surface area contributed by atoms with E-state index in [9.17, 15) is 4.79 Å². The Morgan fingerprint density at radius 3 is 2.74 bits per heavy atom. The van der Waals surface area contributed by atoms with Crippen molar-refractivity contribution in [3.8, 4) is 0 Å². The van der Waals surface area contributed by atoms with E-state index in [1.54, 1.807) is 29.3 Å². The number of nitrogens with zero attached hydrogens (tertiary/aromatic N) is 4. The molecule has 0 radical (unpaired) electrons. The average Bonchev–Trinajstić information content (AvgIpc) is 3.00. The Kier molecular flexibility index (Phi) is 6.34. The van der Waals surface area contributed by atoms with E-state index >= 15 is 0 Å². The Hall–Kier alpha value is -2.11. The molecule has 1 amide bonds. The van der Waals surface area contributed by atoms with Gasteiger partial charge in [0.05, 0.1) is 17.1 Å². The lowest BCUT2D eigenvalue weighted by Crippen LogP contribution is -2.32. The molecule has 0 aliphatic heterocycles. The number of amides is 1. The van der Waals surface area contributed by atoms with Crippen LogP contribution in [-0.4, -0.2) is 31.9 Å². The molecule has 0 aliphatic rings. The van der Waals surface area contributed by atoms with Gasteiger partial charge in [-0.15, -0.1) is 0 Å². The van der Waals surface area contributed by atoms with Gasteiger partial charge < -0.3 is 9.47 Å². The van der Waals surface area contributed by atoms with Gasteiger partial charge in [-0.25, -0.2) is 9.97 Å². The molecule has 0 saturated heterocycles. The molecule has 2 heterocycles. The van der Waals surface area contributed by atoms with Crippen LogP contribution >= 0.6 is 23.2 Å². The lowest BCUT2D eigenvalue weighted by Gasteiger charge is -2.23. The minimum atomic E-state index is -0.146. The number of halogens is 2. The first-order valence-electron chi connectivity index (χ1n) is 9.09. The summed E-state index contributed by atoms with van der Waals surface area (Å²) in [6, 6.07) is 8.76. The maximum absolute atomic E-state index is 13.1. The van der Waals surface area contributed by atoms with Crippen molar-refractivity contribution in [1.82, 2.24) is 19.4 Å². The van der Waals surface area contributed by atoms with Gasteiger partial charge in [0, 0.05) is 24.3 Å². The minimum absolute atomic E-state index is 0.146. The summed E-state index contributed by atoms with van der Waals surface area (Å²) < 4.78 is 2.09. The predicted molar refractivity (Wildman–Crippen MR) is 109 cm³/mol. The van der Waals surface area contributed by atoms with Crippen LogP contribution in [-0.2, 0) is 13.1 Å². The molecule has 3 rings (SSSR count). The summed E-state index contributed by atoms with van der Waals surface area (Å²) in [5.41, 5.74) is 2.10. The fraction of sp³-hybridized carbons (Fsp3) is 0.350. The lowest BCUT2D eigenvalue weighted by atomic mass is 10.2. The second kappa shape index (κ2) is 8.72. The molecule has 2 aromatic heterocycles. The van der Waals surface area contributed by atoms with Gasteiger partial charge in [0.1, 0.15) is 11.3 Å². The summed E-state index contributed by atoms with van der Waals surface area (Å²) in [6.45, 7) is 5.95. The van der Waals surface area contributed by atoms with Crippen molar-refractivity contribution in [3.63, 3.8) is 0 Å². The molecule has 27 heavy (non-hydrogen) atoms. The third-order valence-electron chi connectivity index (χ3n) is 4.30. The molecule has 0 N–H and O–H groups in total. The van der Waals surface area contributed by atoms with Crippen LogP contribution < -0.4 is 0 Å². The highest BCUT2D eigenvalue weighted by Crippen LogP contribution is 2.24. The number of imidazole rings is 1. The molecule has 0 bridgehead atoms. The van der Waals surface area contributed by atoms with E-state index in [4.69, 9.17) is 28.2 Å². The number of aromatic nitrogens is 3. The van der Waals surface area contributed by atoms with E-state index in [0.29, 0.717) is 28.7 Å². The first-order valence-corrected chi connectivity index (χ1v) is 9.85. The van der Waals surface area contributed by atoms with Gasteiger partial charge in [-0.3, -0.25) is 4.79 Å². The average molecular weight is 405 g/mol. The van der Waals surface area contributed by atoms with Gasteiger partial charge in [-0.1, -0.05) is 37.0 Å². The third-order valence-corrected chi connectivity index (χ3v) is 4.87. The van der Waals surface area contributed by atoms with E-state index in [1.807, 2.05) is 19.1 Å². The van der Waals surface area contributed by atoms with Crippen molar-refractivity contribution in [1.29, 1.82) is 0 Å². The van der Waals surface area contributed by atoms with Crippen LogP contribution in [0.25, 0.3) is 11.2 Å². The highest BCUT2D eigenvalue weighted by molar-refractivity contribution is 6.35. The molecule has 0 fully saturated rings. The van der Waals surface area contributed by atoms with Gasteiger partial charge >= 0.3 is 0 Å². The maximum Gasteiger partial charge on any atom is 0.255 e. The number of carbonyl (C=O) groups excluding carboxylic acids is 1. The van der Waals surface area contributed by atoms with E-state index in [1.165, 1.54) is 0 Å². The molecule has 0 aliphatic carbocycles. The molecular weight excluding hydrogens is 383 g/mol. The SMILES string of the molecule is CCCN(Cc1nc2cccnc2n1CCC)C(=O)c1cc(Cl)ccc1Cl. The van der Waals surface area contributed by atoms with Crippen LogP contribution in [0.5, 0.6) is 0 Å². The molecule has 3 aromatic rings. The third kappa shape index (κ3) is 4.25. The van der Waals surface area contributed by atoms with Crippen LogP contribution in [0.3, 0.4) is 0 Å². The second-order valence-corrected chi connectivity index (χ2v) is 7.22. The number of pyridine rings is 1. The molecule has 5 nitrogen and oxygen atoms in total. The second-order valence-electron chi connectivity index (χ2n) is 6.38. The summed E-state index contributed by atoms with van der Waals surface area (Å²) >= 11 is 12.3. The molecule has 0 atom stereocenters. The number of fused-ring (bicyclic) bond motifs is 1. The van der Waals surface area contributed by atoms with Gasteiger partial charge in [0.15, 0.2) is 5.65 Å². The zero-order chi connectivity index (χ0) is 19.4. The maximum atomic E-state index is 13.1. The number of benzene rings is 1. The topological polar surface area (TPSA) is 51.0 Å². The quantitative estimate of drug-likeness (QED) is 0.543. The summed E-state index contributed by atoms with van der Waals surface area (Å²) in [7, 11) is 0. The molecule has 0 saturated carbocycles. The Bertz CT molecular complexity index is 954. The van der Waals surface area contributed by atoms with Crippen LogP contribution in [0.15, 0.2) is 36.5 Å². The molecule has 142 valence electrons. The van der Waals surface area contributed by atoms with Crippen molar-refractivity contribution in [3.05, 3.63) is 58.0 Å². The number of hydrogen-bond donors (Lipinski definition) is 0. The predicted octanol–water partition coefficient (Wildman–Crippen LogP) is 5.20.